The topological polar surface area (TPSA) is 3.24 Å². The Morgan fingerprint density at radius 3 is 2.15 bits per heavy atom. The Morgan fingerprint density at radius 1 is 1.23 bits per heavy atom. The van der Waals surface area contributed by atoms with Gasteiger partial charge in [0.05, 0.1) is 0 Å². The predicted octanol–water partition coefficient (Wildman–Crippen LogP) is 2.65. The van der Waals surface area contributed by atoms with E-state index in [1.165, 1.54) is 4.90 Å². The standard InChI is InChI=1S/C10H13NS2/c1-11(2)10(12)8-4-6-9(13-3)7-5-8/h4-7H,1-3H3. The molecule has 0 bridgehead atoms. The molecule has 0 N–H and O–H groups in total. The first-order valence-electron chi connectivity index (χ1n) is 4.01. The van der Waals surface area contributed by atoms with Crippen LogP contribution in [-0.4, -0.2) is 30.2 Å². The fourth-order valence-electron chi connectivity index (χ4n) is 0.992. The summed E-state index contributed by atoms with van der Waals surface area (Å²) in [6, 6.07) is 8.31. The van der Waals surface area contributed by atoms with E-state index >= 15 is 0 Å². The van der Waals surface area contributed by atoms with Gasteiger partial charge in [-0.15, -0.1) is 11.8 Å². The van der Waals surface area contributed by atoms with E-state index in [0.717, 1.165) is 10.6 Å². The largest absolute Gasteiger partial charge is 0.368 e. The third kappa shape index (κ3) is 2.71. The van der Waals surface area contributed by atoms with Crippen LogP contribution in [-0.2, 0) is 0 Å². The first kappa shape index (κ1) is 10.5. The summed E-state index contributed by atoms with van der Waals surface area (Å²) in [5, 5.41) is 0. The van der Waals surface area contributed by atoms with Crippen LogP contribution < -0.4 is 0 Å². The molecule has 0 fully saturated rings. The summed E-state index contributed by atoms with van der Waals surface area (Å²) in [6.45, 7) is 0. The van der Waals surface area contributed by atoms with E-state index in [2.05, 4.69) is 30.5 Å². The highest BCUT2D eigenvalue weighted by Crippen LogP contribution is 2.15. The Kier molecular flexibility index (Phi) is 3.75. The molecular formula is C10H13NS2. The summed E-state index contributed by atoms with van der Waals surface area (Å²) >= 11 is 6.98. The van der Waals surface area contributed by atoms with Gasteiger partial charge in [0.2, 0.25) is 0 Å². The van der Waals surface area contributed by atoms with Crippen LogP contribution in [0.5, 0.6) is 0 Å². The van der Waals surface area contributed by atoms with Gasteiger partial charge in [0.25, 0.3) is 0 Å². The van der Waals surface area contributed by atoms with Crippen molar-refractivity contribution in [2.45, 2.75) is 4.90 Å². The van der Waals surface area contributed by atoms with E-state index in [1.54, 1.807) is 11.8 Å². The quantitative estimate of drug-likeness (QED) is 0.547. The van der Waals surface area contributed by atoms with Crippen LogP contribution in [0.3, 0.4) is 0 Å². The van der Waals surface area contributed by atoms with E-state index in [0.29, 0.717) is 0 Å². The van der Waals surface area contributed by atoms with Gasteiger partial charge in [-0.05, 0) is 18.4 Å². The molecule has 0 atom stereocenters. The zero-order valence-corrected chi connectivity index (χ0v) is 9.71. The molecule has 0 aliphatic heterocycles. The molecule has 1 rings (SSSR count). The minimum atomic E-state index is 0.882. The summed E-state index contributed by atoms with van der Waals surface area (Å²) in [4.78, 5) is 4.10. The molecular weight excluding hydrogens is 198 g/mol. The maximum absolute atomic E-state index is 5.24. The Balaban J connectivity index is 2.86. The van der Waals surface area contributed by atoms with Crippen LogP contribution in [0.2, 0.25) is 0 Å². The van der Waals surface area contributed by atoms with Gasteiger partial charge in [0.1, 0.15) is 4.99 Å². The highest BCUT2D eigenvalue weighted by molar-refractivity contribution is 7.98. The first-order valence-corrected chi connectivity index (χ1v) is 5.64. The van der Waals surface area contributed by atoms with Crippen molar-refractivity contribution < 1.29 is 0 Å². The highest BCUT2D eigenvalue weighted by Gasteiger charge is 2.01. The van der Waals surface area contributed by atoms with Crippen LogP contribution in [0.15, 0.2) is 29.2 Å². The second-order valence-corrected chi connectivity index (χ2v) is 4.19. The third-order valence-corrected chi connectivity index (χ3v) is 3.09. The second-order valence-electron chi connectivity index (χ2n) is 2.93. The Hall–Kier alpha value is -0.540. The van der Waals surface area contributed by atoms with Crippen molar-refractivity contribution in [2.24, 2.45) is 0 Å². The number of nitrogens with zero attached hydrogens (tertiary/aromatic N) is 1. The summed E-state index contributed by atoms with van der Waals surface area (Å²) in [5.41, 5.74) is 1.11. The van der Waals surface area contributed by atoms with Crippen LogP contribution in [0.1, 0.15) is 5.56 Å². The van der Waals surface area contributed by atoms with Crippen molar-refractivity contribution in [1.29, 1.82) is 0 Å². The Bertz CT molecular complexity index is 290. The van der Waals surface area contributed by atoms with Crippen molar-refractivity contribution in [2.75, 3.05) is 20.4 Å². The molecule has 0 aliphatic rings. The summed E-state index contributed by atoms with van der Waals surface area (Å²) in [6.07, 6.45) is 2.07. The number of rotatable bonds is 2. The number of benzene rings is 1. The maximum atomic E-state index is 5.24. The minimum absolute atomic E-state index is 0.882. The fourth-order valence-corrected chi connectivity index (χ4v) is 1.54. The van der Waals surface area contributed by atoms with E-state index < -0.39 is 0 Å². The fraction of sp³-hybridized carbons (Fsp3) is 0.300. The molecule has 0 aliphatic carbocycles. The molecule has 3 heteroatoms. The SMILES string of the molecule is CSc1ccc(C(=S)N(C)C)cc1. The second kappa shape index (κ2) is 4.63. The van der Waals surface area contributed by atoms with Crippen molar-refractivity contribution >= 4 is 29.0 Å². The number of hydrogen-bond acceptors (Lipinski definition) is 2. The average molecular weight is 211 g/mol. The molecule has 0 unspecified atom stereocenters. The average Bonchev–Trinajstić information content (AvgIpc) is 2.17. The molecule has 0 heterocycles. The summed E-state index contributed by atoms with van der Waals surface area (Å²) < 4.78 is 0. The van der Waals surface area contributed by atoms with Crippen LogP contribution in [0.25, 0.3) is 0 Å². The zero-order chi connectivity index (χ0) is 9.84. The zero-order valence-electron chi connectivity index (χ0n) is 8.07. The molecule has 1 aromatic rings. The van der Waals surface area contributed by atoms with Crippen LogP contribution in [0.4, 0.5) is 0 Å². The smallest absolute Gasteiger partial charge is 0.108 e. The van der Waals surface area contributed by atoms with E-state index in [1.807, 2.05) is 19.0 Å². The summed E-state index contributed by atoms with van der Waals surface area (Å²) in [7, 11) is 3.93. The third-order valence-electron chi connectivity index (χ3n) is 1.74. The molecule has 1 aromatic carbocycles. The lowest BCUT2D eigenvalue weighted by atomic mass is 10.2. The molecule has 0 saturated carbocycles. The lowest BCUT2D eigenvalue weighted by molar-refractivity contribution is 0.636. The number of thiocarbonyl (C=S) groups is 1. The van der Waals surface area contributed by atoms with Crippen molar-refractivity contribution in [1.82, 2.24) is 4.90 Å². The number of hydrogen-bond donors (Lipinski definition) is 0. The van der Waals surface area contributed by atoms with Gasteiger partial charge in [-0.3, -0.25) is 0 Å². The van der Waals surface area contributed by atoms with Crippen LogP contribution >= 0.6 is 24.0 Å². The maximum Gasteiger partial charge on any atom is 0.108 e. The van der Waals surface area contributed by atoms with Gasteiger partial charge >= 0.3 is 0 Å². The Labute approximate surface area is 89.1 Å². The van der Waals surface area contributed by atoms with E-state index in [9.17, 15) is 0 Å². The van der Waals surface area contributed by atoms with Gasteiger partial charge in [-0.2, -0.15) is 0 Å². The molecule has 70 valence electrons. The van der Waals surface area contributed by atoms with Crippen molar-refractivity contribution in [3.63, 3.8) is 0 Å². The van der Waals surface area contributed by atoms with Gasteiger partial charge in [-0.25, -0.2) is 0 Å². The predicted molar refractivity (Wildman–Crippen MR) is 63.6 cm³/mol. The molecule has 1 nitrogen and oxygen atoms in total. The lowest BCUT2D eigenvalue weighted by Crippen LogP contribution is -2.20. The highest BCUT2D eigenvalue weighted by atomic mass is 32.2. The van der Waals surface area contributed by atoms with Crippen LogP contribution in [0, 0.1) is 0 Å². The molecule has 0 aromatic heterocycles. The molecule has 13 heavy (non-hydrogen) atoms. The normalized spacial score (nSPS) is 9.77. The summed E-state index contributed by atoms with van der Waals surface area (Å²) in [5.74, 6) is 0. The van der Waals surface area contributed by atoms with Gasteiger partial charge in [0, 0.05) is 24.6 Å². The van der Waals surface area contributed by atoms with Crippen molar-refractivity contribution in [3.8, 4) is 0 Å². The van der Waals surface area contributed by atoms with Gasteiger partial charge in [0.15, 0.2) is 0 Å². The molecule has 0 amide bonds. The molecule has 0 spiro atoms. The monoisotopic (exact) mass is 211 g/mol. The molecule has 0 radical (unpaired) electrons. The van der Waals surface area contributed by atoms with Gasteiger partial charge < -0.3 is 4.90 Å². The van der Waals surface area contributed by atoms with Crippen molar-refractivity contribution in [3.05, 3.63) is 29.8 Å². The molecule has 0 saturated heterocycles. The van der Waals surface area contributed by atoms with Gasteiger partial charge in [-0.1, -0.05) is 24.4 Å². The van der Waals surface area contributed by atoms with E-state index in [4.69, 9.17) is 12.2 Å². The Morgan fingerprint density at radius 2 is 1.77 bits per heavy atom. The first-order chi connectivity index (χ1) is 6.15. The minimum Gasteiger partial charge on any atom is -0.368 e. The number of thioether (sulfide) groups is 1. The lowest BCUT2D eigenvalue weighted by Gasteiger charge is -2.13. The van der Waals surface area contributed by atoms with E-state index in [-0.39, 0.29) is 0 Å².